The topological polar surface area (TPSA) is 57.4 Å². The van der Waals surface area contributed by atoms with E-state index < -0.39 is 0 Å². The van der Waals surface area contributed by atoms with Crippen molar-refractivity contribution in [2.45, 2.75) is 37.3 Å². The SMILES string of the molecule is CNC1CCCC1c1nc(C2CN(C)CCN2C)no1. The molecule has 2 fully saturated rings. The van der Waals surface area contributed by atoms with Crippen LogP contribution in [0.15, 0.2) is 4.52 Å². The van der Waals surface area contributed by atoms with Crippen LogP contribution in [0.1, 0.15) is 42.9 Å². The molecule has 3 unspecified atom stereocenters. The fraction of sp³-hybridized carbons (Fsp3) is 0.857. The van der Waals surface area contributed by atoms with E-state index in [4.69, 9.17) is 9.51 Å². The van der Waals surface area contributed by atoms with Gasteiger partial charge >= 0.3 is 0 Å². The van der Waals surface area contributed by atoms with Gasteiger partial charge in [-0.1, -0.05) is 11.6 Å². The fourth-order valence-corrected chi connectivity index (χ4v) is 3.42. The average Bonchev–Trinajstić information content (AvgIpc) is 3.08. The third kappa shape index (κ3) is 2.60. The first-order valence-corrected chi connectivity index (χ1v) is 7.58. The Balaban J connectivity index is 1.76. The van der Waals surface area contributed by atoms with Gasteiger partial charge in [-0.05, 0) is 34.0 Å². The summed E-state index contributed by atoms with van der Waals surface area (Å²) < 4.78 is 5.57. The van der Waals surface area contributed by atoms with Crippen molar-refractivity contribution < 1.29 is 4.52 Å². The van der Waals surface area contributed by atoms with Gasteiger partial charge in [0.05, 0.1) is 12.0 Å². The molecule has 0 spiro atoms. The summed E-state index contributed by atoms with van der Waals surface area (Å²) >= 11 is 0. The summed E-state index contributed by atoms with van der Waals surface area (Å²) in [6.45, 7) is 3.12. The van der Waals surface area contributed by atoms with Gasteiger partial charge < -0.3 is 14.7 Å². The van der Waals surface area contributed by atoms with Crippen LogP contribution in [0.5, 0.6) is 0 Å². The molecule has 2 aliphatic rings. The number of nitrogens with one attached hydrogen (secondary N) is 1. The van der Waals surface area contributed by atoms with Crippen molar-refractivity contribution in [1.82, 2.24) is 25.3 Å². The number of aromatic nitrogens is 2. The first-order valence-electron chi connectivity index (χ1n) is 7.58. The van der Waals surface area contributed by atoms with Crippen LogP contribution >= 0.6 is 0 Å². The monoisotopic (exact) mass is 279 g/mol. The molecule has 3 rings (SSSR count). The van der Waals surface area contributed by atoms with Crippen LogP contribution in [-0.2, 0) is 0 Å². The second-order valence-corrected chi connectivity index (χ2v) is 6.18. The molecular weight excluding hydrogens is 254 g/mol. The van der Waals surface area contributed by atoms with Crippen LogP contribution in [0.3, 0.4) is 0 Å². The zero-order chi connectivity index (χ0) is 14.1. The van der Waals surface area contributed by atoms with Crippen LogP contribution in [0.2, 0.25) is 0 Å². The van der Waals surface area contributed by atoms with Gasteiger partial charge in [0.25, 0.3) is 0 Å². The van der Waals surface area contributed by atoms with Crippen molar-refractivity contribution >= 4 is 0 Å². The quantitative estimate of drug-likeness (QED) is 0.885. The highest BCUT2D eigenvalue weighted by molar-refractivity contribution is 5.05. The first-order chi connectivity index (χ1) is 9.69. The highest BCUT2D eigenvalue weighted by Gasteiger charge is 2.34. The normalized spacial score (nSPS) is 32.9. The van der Waals surface area contributed by atoms with E-state index in [1.165, 1.54) is 12.8 Å². The second kappa shape index (κ2) is 5.79. The second-order valence-electron chi connectivity index (χ2n) is 6.18. The van der Waals surface area contributed by atoms with Crippen molar-refractivity contribution in [3.63, 3.8) is 0 Å². The van der Waals surface area contributed by atoms with Crippen LogP contribution in [0.4, 0.5) is 0 Å². The minimum Gasteiger partial charge on any atom is -0.339 e. The van der Waals surface area contributed by atoms with Crippen LogP contribution in [0.25, 0.3) is 0 Å². The van der Waals surface area contributed by atoms with E-state index in [-0.39, 0.29) is 6.04 Å². The summed E-state index contributed by atoms with van der Waals surface area (Å²) in [7, 11) is 6.30. The molecule has 6 heteroatoms. The Kier molecular flexibility index (Phi) is 4.05. The van der Waals surface area contributed by atoms with Gasteiger partial charge in [0.15, 0.2) is 5.82 Å². The number of rotatable bonds is 3. The lowest BCUT2D eigenvalue weighted by atomic mass is 10.0. The predicted molar refractivity (Wildman–Crippen MR) is 76.6 cm³/mol. The van der Waals surface area contributed by atoms with Crippen molar-refractivity contribution in [2.24, 2.45) is 0 Å². The van der Waals surface area contributed by atoms with Crippen LogP contribution < -0.4 is 5.32 Å². The number of nitrogens with zero attached hydrogens (tertiary/aromatic N) is 4. The smallest absolute Gasteiger partial charge is 0.231 e. The molecule has 0 radical (unpaired) electrons. The molecule has 112 valence electrons. The molecule has 0 bridgehead atoms. The summed E-state index contributed by atoms with van der Waals surface area (Å²) in [6, 6.07) is 0.732. The van der Waals surface area contributed by atoms with Gasteiger partial charge in [0.2, 0.25) is 5.89 Å². The van der Waals surface area contributed by atoms with Gasteiger partial charge in [0, 0.05) is 25.7 Å². The van der Waals surface area contributed by atoms with Gasteiger partial charge in [-0.15, -0.1) is 0 Å². The van der Waals surface area contributed by atoms with E-state index >= 15 is 0 Å². The Bertz CT molecular complexity index is 449. The molecule has 0 aromatic carbocycles. The molecule has 6 nitrogen and oxygen atoms in total. The number of hydrogen-bond acceptors (Lipinski definition) is 6. The largest absolute Gasteiger partial charge is 0.339 e. The van der Waals surface area contributed by atoms with Crippen LogP contribution in [-0.4, -0.2) is 66.8 Å². The lowest BCUT2D eigenvalue weighted by Gasteiger charge is -2.35. The van der Waals surface area contributed by atoms with E-state index in [2.05, 4.69) is 34.4 Å². The van der Waals surface area contributed by atoms with E-state index in [1.807, 2.05) is 7.05 Å². The van der Waals surface area contributed by atoms with Crippen molar-refractivity contribution in [2.75, 3.05) is 40.8 Å². The lowest BCUT2D eigenvalue weighted by Crippen LogP contribution is -2.45. The maximum absolute atomic E-state index is 5.57. The van der Waals surface area contributed by atoms with Crippen molar-refractivity contribution in [3.05, 3.63) is 11.7 Å². The summed E-state index contributed by atoms with van der Waals surface area (Å²) in [5.74, 6) is 2.04. The minimum absolute atomic E-state index is 0.251. The van der Waals surface area contributed by atoms with E-state index in [1.54, 1.807) is 0 Å². The summed E-state index contributed by atoms with van der Waals surface area (Å²) in [4.78, 5) is 9.36. The Morgan fingerprint density at radius 1 is 1.25 bits per heavy atom. The third-order valence-corrected chi connectivity index (χ3v) is 4.81. The Morgan fingerprint density at radius 2 is 2.10 bits per heavy atom. The van der Waals surface area contributed by atoms with Crippen molar-refractivity contribution in [3.8, 4) is 0 Å². The van der Waals surface area contributed by atoms with Gasteiger partial charge in [-0.3, -0.25) is 4.90 Å². The first kappa shape index (κ1) is 14.0. The fourth-order valence-electron chi connectivity index (χ4n) is 3.42. The molecule has 0 amide bonds. The Morgan fingerprint density at radius 3 is 2.90 bits per heavy atom. The van der Waals surface area contributed by atoms with E-state index in [0.29, 0.717) is 12.0 Å². The molecule has 1 aliphatic carbocycles. The number of likely N-dealkylation sites (N-methyl/N-ethyl adjacent to an activating group) is 3. The molecule has 1 aromatic rings. The standard InChI is InChI=1S/C14H25N5O/c1-15-11-6-4-5-10(11)14-16-13(17-20-14)12-9-18(2)7-8-19(12)3/h10-12,15H,4-9H2,1-3H3. The molecular formula is C14H25N5O. The highest BCUT2D eigenvalue weighted by Crippen LogP contribution is 2.34. The highest BCUT2D eigenvalue weighted by atomic mass is 16.5. The average molecular weight is 279 g/mol. The summed E-state index contributed by atoms with van der Waals surface area (Å²) in [6.07, 6.45) is 3.58. The zero-order valence-electron chi connectivity index (χ0n) is 12.7. The number of hydrogen-bond donors (Lipinski definition) is 1. The van der Waals surface area contributed by atoms with Crippen LogP contribution in [0, 0.1) is 0 Å². The van der Waals surface area contributed by atoms with Gasteiger partial charge in [-0.25, -0.2) is 0 Å². The molecule has 1 aliphatic heterocycles. The maximum Gasteiger partial charge on any atom is 0.231 e. The zero-order valence-corrected chi connectivity index (χ0v) is 12.7. The van der Waals surface area contributed by atoms with Crippen molar-refractivity contribution in [1.29, 1.82) is 0 Å². The summed E-state index contributed by atoms with van der Waals surface area (Å²) in [5.41, 5.74) is 0. The molecule has 1 saturated carbocycles. The third-order valence-electron chi connectivity index (χ3n) is 4.81. The molecule has 3 atom stereocenters. The Hall–Kier alpha value is -0.980. The molecule has 20 heavy (non-hydrogen) atoms. The predicted octanol–water partition coefficient (Wildman–Crippen LogP) is 0.843. The van der Waals surface area contributed by atoms with Gasteiger partial charge in [-0.2, -0.15) is 4.98 Å². The maximum atomic E-state index is 5.57. The lowest BCUT2D eigenvalue weighted by molar-refractivity contribution is 0.108. The molecule has 1 saturated heterocycles. The molecule has 1 aromatic heterocycles. The van der Waals surface area contributed by atoms with E-state index in [9.17, 15) is 0 Å². The van der Waals surface area contributed by atoms with E-state index in [0.717, 1.165) is 37.8 Å². The number of piperazine rings is 1. The molecule has 1 N–H and O–H groups in total. The van der Waals surface area contributed by atoms with Gasteiger partial charge in [0.1, 0.15) is 0 Å². The Labute approximate surface area is 120 Å². The minimum atomic E-state index is 0.251. The molecule has 2 heterocycles. The summed E-state index contributed by atoms with van der Waals surface area (Å²) in [5, 5.41) is 7.63.